The summed E-state index contributed by atoms with van der Waals surface area (Å²) in [5.41, 5.74) is 2.16. The number of nitrogens with one attached hydrogen (secondary N) is 2. The largest absolute Gasteiger partial charge is 0.357 e. The van der Waals surface area contributed by atoms with Crippen molar-refractivity contribution in [2.45, 2.75) is 33.6 Å². The third kappa shape index (κ3) is 5.73. The molecular formula is C15H24FN3. The van der Waals surface area contributed by atoms with Gasteiger partial charge in [-0.25, -0.2) is 4.39 Å². The highest BCUT2D eigenvalue weighted by atomic mass is 19.1. The van der Waals surface area contributed by atoms with E-state index in [0.717, 1.165) is 44.0 Å². The summed E-state index contributed by atoms with van der Waals surface area (Å²) in [7, 11) is 0. The third-order valence-electron chi connectivity index (χ3n) is 2.83. The fraction of sp³-hybridized carbons (Fsp3) is 0.533. The molecule has 0 atom stereocenters. The molecule has 106 valence electrons. The van der Waals surface area contributed by atoms with Gasteiger partial charge in [0.2, 0.25) is 0 Å². The topological polar surface area (TPSA) is 36.4 Å². The van der Waals surface area contributed by atoms with Crippen LogP contribution in [0.2, 0.25) is 0 Å². The molecule has 0 fully saturated rings. The molecule has 1 aromatic carbocycles. The average Bonchev–Trinajstić information content (AvgIpc) is 2.38. The van der Waals surface area contributed by atoms with E-state index in [4.69, 9.17) is 0 Å². The average molecular weight is 265 g/mol. The van der Waals surface area contributed by atoms with Gasteiger partial charge in [0.1, 0.15) is 5.82 Å². The Morgan fingerprint density at radius 1 is 1.26 bits per heavy atom. The first-order chi connectivity index (χ1) is 9.17. The van der Waals surface area contributed by atoms with E-state index in [9.17, 15) is 4.39 Å². The molecule has 0 unspecified atom stereocenters. The third-order valence-corrected chi connectivity index (χ3v) is 2.83. The summed E-state index contributed by atoms with van der Waals surface area (Å²) in [5.74, 6) is 0.677. The van der Waals surface area contributed by atoms with Crippen LogP contribution in [0.15, 0.2) is 23.2 Å². The lowest BCUT2D eigenvalue weighted by atomic mass is 10.1. The molecule has 0 amide bonds. The van der Waals surface area contributed by atoms with Gasteiger partial charge < -0.3 is 10.6 Å². The zero-order chi connectivity index (χ0) is 14.1. The van der Waals surface area contributed by atoms with E-state index in [-0.39, 0.29) is 5.82 Å². The van der Waals surface area contributed by atoms with Crippen molar-refractivity contribution >= 4 is 5.96 Å². The highest BCUT2D eigenvalue weighted by molar-refractivity contribution is 5.79. The minimum absolute atomic E-state index is 0.174. The summed E-state index contributed by atoms with van der Waals surface area (Å²) < 4.78 is 13.0. The molecular weight excluding hydrogens is 241 g/mol. The van der Waals surface area contributed by atoms with Crippen molar-refractivity contribution < 1.29 is 4.39 Å². The van der Waals surface area contributed by atoms with Gasteiger partial charge in [0.05, 0.1) is 0 Å². The van der Waals surface area contributed by atoms with Gasteiger partial charge in [0, 0.05) is 19.6 Å². The molecule has 0 aliphatic heterocycles. The standard InChI is InChI=1S/C15H24FN3/c1-4-9-18-15(17-5-2)19-10-8-13-6-7-14(16)11-12(13)3/h6-7,11H,4-5,8-10H2,1-3H3,(H2,17,18,19). The van der Waals surface area contributed by atoms with Crippen LogP contribution in [0, 0.1) is 12.7 Å². The van der Waals surface area contributed by atoms with E-state index in [0.29, 0.717) is 0 Å². The number of rotatable bonds is 6. The molecule has 0 aromatic heterocycles. The van der Waals surface area contributed by atoms with Crippen LogP contribution in [0.5, 0.6) is 0 Å². The van der Waals surface area contributed by atoms with Crippen LogP contribution in [0.1, 0.15) is 31.4 Å². The Kier molecular flexibility index (Phi) is 6.93. The molecule has 0 aliphatic carbocycles. The second kappa shape index (κ2) is 8.51. The highest BCUT2D eigenvalue weighted by Crippen LogP contribution is 2.10. The second-order valence-corrected chi connectivity index (χ2v) is 4.51. The van der Waals surface area contributed by atoms with E-state index in [1.54, 1.807) is 6.07 Å². The van der Waals surface area contributed by atoms with E-state index in [1.807, 2.05) is 19.9 Å². The number of guanidine groups is 1. The van der Waals surface area contributed by atoms with Crippen molar-refractivity contribution in [3.05, 3.63) is 35.1 Å². The maximum atomic E-state index is 13.0. The van der Waals surface area contributed by atoms with Crippen LogP contribution in [-0.4, -0.2) is 25.6 Å². The highest BCUT2D eigenvalue weighted by Gasteiger charge is 2.01. The fourth-order valence-electron chi connectivity index (χ4n) is 1.82. The number of halogens is 1. The van der Waals surface area contributed by atoms with Gasteiger partial charge in [-0.1, -0.05) is 13.0 Å². The van der Waals surface area contributed by atoms with Crippen LogP contribution in [-0.2, 0) is 6.42 Å². The molecule has 0 bridgehead atoms. The van der Waals surface area contributed by atoms with Gasteiger partial charge in [-0.3, -0.25) is 4.99 Å². The Bertz CT molecular complexity index is 416. The Morgan fingerprint density at radius 3 is 2.68 bits per heavy atom. The SMILES string of the molecule is CCCN=C(NCC)NCCc1ccc(F)cc1C. The Morgan fingerprint density at radius 2 is 2.05 bits per heavy atom. The van der Waals surface area contributed by atoms with Gasteiger partial charge in [-0.15, -0.1) is 0 Å². The van der Waals surface area contributed by atoms with E-state index >= 15 is 0 Å². The van der Waals surface area contributed by atoms with Crippen LogP contribution in [0.3, 0.4) is 0 Å². The maximum absolute atomic E-state index is 13.0. The predicted molar refractivity (Wildman–Crippen MR) is 79.1 cm³/mol. The number of aryl methyl sites for hydroxylation is 1. The van der Waals surface area contributed by atoms with Crippen molar-refractivity contribution in [2.75, 3.05) is 19.6 Å². The van der Waals surface area contributed by atoms with Crippen LogP contribution < -0.4 is 10.6 Å². The molecule has 0 heterocycles. The van der Waals surface area contributed by atoms with Crippen molar-refractivity contribution in [1.29, 1.82) is 0 Å². The molecule has 0 saturated heterocycles. The molecule has 3 nitrogen and oxygen atoms in total. The molecule has 1 rings (SSSR count). The van der Waals surface area contributed by atoms with Crippen LogP contribution in [0.4, 0.5) is 4.39 Å². The first kappa shape index (κ1) is 15.5. The number of hydrogen-bond donors (Lipinski definition) is 2. The Labute approximate surface area is 115 Å². The van der Waals surface area contributed by atoms with E-state index < -0.39 is 0 Å². The molecule has 19 heavy (non-hydrogen) atoms. The Balaban J connectivity index is 2.47. The first-order valence-corrected chi connectivity index (χ1v) is 6.94. The maximum Gasteiger partial charge on any atom is 0.191 e. The zero-order valence-electron chi connectivity index (χ0n) is 12.1. The lowest BCUT2D eigenvalue weighted by Crippen LogP contribution is -2.38. The second-order valence-electron chi connectivity index (χ2n) is 4.51. The normalized spacial score (nSPS) is 11.5. The van der Waals surface area contributed by atoms with Crippen molar-refractivity contribution in [2.24, 2.45) is 4.99 Å². The molecule has 4 heteroatoms. The molecule has 0 spiro atoms. The van der Waals surface area contributed by atoms with Crippen LogP contribution in [0.25, 0.3) is 0 Å². The monoisotopic (exact) mass is 265 g/mol. The minimum Gasteiger partial charge on any atom is -0.357 e. The summed E-state index contributed by atoms with van der Waals surface area (Å²) in [5, 5.41) is 6.50. The van der Waals surface area contributed by atoms with E-state index in [2.05, 4.69) is 22.5 Å². The first-order valence-electron chi connectivity index (χ1n) is 6.94. The zero-order valence-corrected chi connectivity index (χ0v) is 12.1. The minimum atomic E-state index is -0.174. The summed E-state index contributed by atoms with van der Waals surface area (Å²) in [6.45, 7) is 8.56. The number of nitrogens with zero attached hydrogens (tertiary/aromatic N) is 1. The lowest BCUT2D eigenvalue weighted by molar-refractivity contribution is 0.625. The van der Waals surface area contributed by atoms with Gasteiger partial charge in [-0.05, 0) is 49.9 Å². The molecule has 0 saturated carbocycles. The molecule has 1 aromatic rings. The van der Waals surface area contributed by atoms with E-state index in [1.165, 1.54) is 11.6 Å². The predicted octanol–water partition coefficient (Wildman–Crippen LogP) is 2.64. The summed E-state index contributed by atoms with van der Waals surface area (Å²) in [6.07, 6.45) is 1.90. The lowest BCUT2D eigenvalue weighted by Gasteiger charge is -2.12. The molecule has 2 N–H and O–H groups in total. The van der Waals surface area contributed by atoms with Gasteiger partial charge in [-0.2, -0.15) is 0 Å². The summed E-state index contributed by atoms with van der Waals surface area (Å²) in [6, 6.07) is 4.94. The summed E-state index contributed by atoms with van der Waals surface area (Å²) >= 11 is 0. The molecule has 0 radical (unpaired) electrons. The fourth-order valence-corrected chi connectivity index (χ4v) is 1.82. The van der Waals surface area contributed by atoms with Gasteiger partial charge in [0.15, 0.2) is 5.96 Å². The quantitative estimate of drug-likeness (QED) is 0.613. The smallest absolute Gasteiger partial charge is 0.191 e. The van der Waals surface area contributed by atoms with Gasteiger partial charge in [0.25, 0.3) is 0 Å². The van der Waals surface area contributed by atoms with Crippen molar-refractivity contribution in [1.82, 2.24) is 10.6 Å². The number of aliphatic imine (C=N–C) groups is 1. The number of benzene rings is 1. The summed E-state index contributed by atoms with van der Waals surface area (Å²) in [4.78, 5) is 4.43. The van der Waals surface area contributed by atoms with Gasteiger partial charge >= 0.3 is 0 Å². The van der Waals surface area contributed by atoms with Crippen molar-refractivity contribution in [3.63, 3.8) is 0 Å². The van der Waals surface area contributed by atoms with Crippen molar-refractivity contribution in [3.8, 4) is 0 Å². The van der Waals surface area contributed by atoms with Crippen LogP contribution >= 0.6 is 0 Å². The molecule has 0 aliphatic rings. The Hall–Kier alpha value is -1.58. The number of hydrogen-bond acceptors (Lipinski definition) is 1.